The van der Waals surface area contributed by atoms with Crippen LogP contribution in [0.15, 0.2) is 11.4 Å². The Morgan fingerprint density at radius 1 is 1.38 bits per heavy atom. The molecule has 0 atom stereocenters. The molecule has 2 rings (SSSR count). The van der Waals surface area contributed by atoms with Crippen molar-refractivity contribution >= 4 is 33.2 Å². The minimum absolute atomic E-state index is 0.0245. The summed E-state index contributed by atoms with van der Waals surface area (Å²) >= 11 is 1.15. The number of carbonyl (C=O) groups is 1. The maximum Gasteiger partial charge on any atom is 0.350 e. The van der Waals surface area contributed by atoms with Gasteiger partial charge in [0.05, 0.1) is 12.8 Å². The Balaban J connectivity index is 2.13. The van der Waals surface area contributed by atoms with E-state index in [0.717, 1.165) is 43.4 Å². The molecule has 1 aromatic heterocycles. The topological polar surface area (TPSA) is 75.7 Å². The van der Waals surface area contributed by atoms with Gasteiger partial charge < -0.3 is 4.74 Å². The van der Waals surface area contributed by atoms with Crippen molar-refractivity contribution in [1.82, 2.24) is 4.31 Å². The lowest BCUT2D eigenvalue weighted by atomic mass is 9.96. The summed E-state index contributed by atoms with van der Waals surface area (Å²) in [5.74, 6) is -0.539. The predicted octanol–water partition coefficient (Wildman–Crippen LogP) is 2.46. The van der Waals surface area contributed by atoms with Crippen LogP contribution in [0.25, 0.3) is 0 Å². The molecule has 1 heterocycles. The van der Waals surface area contributed by atoms with Gasteiger partial charge in [0.1, 0.15) is 4.88 Å². The van der Waals surface area contributed by atoms with E-state index in [-0.39, 0.29) is 16.6 Å². The molecular formula is C13H20N2O4S2. The predicted molar refractivity (Wildman–Crippen MR) is 82.8 cm³/mol. The quantitative estimate of drug-likeness (QED) is 0.840. The first-order valence-corrected chi connectivity index (χ1v) is 9.19. The summed E-state index contributed by atoms with van der Waals surface area (Å²) in [7, 11) is -0.807. The van der Waals surface area contributed by atoms with Crippen molar-refractivity contribution < 1.29 is 17.9 Å². The minimum atomic E-state index is -3.66. The molecule has 0 aliphatic heterocycles. The van der Waals surface area contributed by atoms with Crippen molar-refractivity contribution in [1.29, 1.82) is 0 Å². The third-order valence-electron chi connectivity index (χ3n) is 3.74. The molecule has 6 nitrogen and oxygen atoms in total. The van der Waals surface area contributed by atoms with Crippen LogP contribution >= 0.6 is 11.3 Å². The molecule has 0 aromatic carbocycles. The number of hydrogen-bond acceptors (Lipinski definition) is 5. The molecule has 1 aliphatic rings. The number of thiophene rings is 1. The largest absolute Gasteiger partial charge is 0.465 e. The number of methoxy groups -OCH3 is 1. The average Bonchev–Trinajstić information content (AvgIpc) is 2.94. The highest BCUT2D eigenvalue weighted by atomic mass is 32.2. The fourth-order valence-corrected chi connectivity index (χ4v) is 4.52. The van der Waals surface area contributed by atoms with Gasteiger partial charge in [-0.15, -0.1) is 11.3 Å². The van der Waals surface area contributed by atoms with Gasteiger partial charge in [-0.25, -0.2) is 4.79 Å². The van der Waals surface area contributed by atoms with Crippen molar-refractivity contribution in [2.24, 2.45) is 0 Å². The Kier molecular flexibility index (Phi) is 5.23. The fourth-order valence-electron chi connectivity index (χ4n) is 2.49. The number of esters is 1. The molecule has 118 valence electrons. The van der Waals surface area contributed by atoms with E-state index in [1.165, 1.54) is 11.4 Å². The molecule has 8 heteroatoms. The zero-order chi connectivity index (χ0) is 15.5. The Morgan fingerprint density at radius 3 is 2.67 bits per heavy atom. The van der Waals surface area contributed by atoms with Crippen molar-refractivity contribution in [3.8, 4) is 0 Å². The first kappa shape index (κ1) is 16.3. The van der Waals surface area contributed by atoms with Crippen molar-refractivity contribution in [3.63, 3.8) is 0 Å². The zero-order valence-corrected chi connectivity index (χ0v) is 13.8. The number of nitrogens with one attached hydrogen (secondary N) is 1. The molecule has 1 saturated carbocycles. The van der Waals surface area contributed by atoms with Crippen LogP contribution in [0.5, 0.6) is 0 Å². The van der Waals surface area contributed by atoms with Crippen LogP contribution in [0.1, 0.15) is 41.8 Å². The van der Waals surface area contributed by atoms with E-state index in [1.807, 2.05) is 0 Å². The molecule has 0 bridgehead atoms. The molecule has 0 amide bonds. The highest BCUT2D eigenvalue weighted by Crippen LogP contribution is 2.27. The number of rotatable bonds is 5. The number of anilines is 1. The van der Waals surface area contributed by atoms with Gasteiger partial charge in [0.15, 0.2) is 0 Å². The van der Waals surface area contributed by atoms with E-state index >= 15 is 0 Å². The van der Waals surface area contributed by atoms with Gasteiger partial charge in [-0.3, -0.25) is 4.72 Å². The van der Waals surface area contributed by atoms with E-state index in [0.29, 0.717) is 0 Å². The second-order valence-corrected chi connectivity index (χ2v) is 7.72. The molecule has 0 radical (unpaired) electrons. The van der Waals surface area contributed by atoms with Crippen LogP contribution in [0.4, 0.5) is 5.69 Å². The summed E-state index contributed by atoms with van der Waals surface area (Å²) in [5, 5.41) is 1.66. The molecular weight excluding hydrogens is 312 g/mol. The molecule has 1 fully saturated rings. The maximum absolute atomic E-state index is 12.4. The van der Waals surface area contributed by atoms with Crippen LogP contribution < -0.4 is 4.72 Å². The lowest BCUT2D eigenvalue weighted by molar-refractivity contribution is 0.0607. The Labute approximate surface area is 129 Å². The van der Waals surface area contributed by atoms with Crippen molar-refractivity contribution in [3.05, 3.63) is 16.3 Å². The van der Waals surface area contributed by atoms with Gasteiger partial charge in [-0.05, 0) is 24.3 Å². The second-order valence-electron chi connectivity index (χ2n) is 5.07. The van der Waals surface area contributed by atoms with Gasteiger partial charge in [0, 0.05) is 13.1 Å². The summed E-state index contributed by atoms with van der Waals surface area (Å²) in [6.07, 6.45) is 5.03. The third kappa shape index (κ3) is 3.75. The van der Waals surface area contributed by atoms with Gasteiger partial charge >= 0.3 is 16.2 Å². The summed E-state index contributed by atoms with van der Waals surface area (Å²) < 4.78 is 33.4. The highest BCUT2D eigenvalue weighted by Gasteiger charge is 2.29. The van der Waals surface area contributed by atoms with Gasteiger partial charge in [-0.2, -0.15) is 12.7 Å². The van der Waals surface area contributed by atoms with Crippen LogP contribution in [-0.4, -0.2) is 38.9 Å². The number of nitrogens with zero attached hydrogens (tertiary/aromatic N) is 1. The monoisotopic (exact) mass is 332 g/mol. The fraction of sp³-hybridized carbons (Fsp3) is 0.615. The number of carbonyl (C=O) groups excluding carboxylic acids is 1. The van der Waals surface area contributed by atoms with E-state index < -0.39 is 16.2 Å². The molecule has 0 spiro atoms. The summed E-state index contributed by atoms with van der Waals surface area (Å²) in [5.41, 5.74) is 0.273. The molecule has 1 aliphatic carbocycles. The lowest BCUT2D eigenvalue weighted by Gasteiger charge is -2.30. The number of ether oxygens (including phenoxy) is 1. The average molecular weight is 332 g/mol. The van der Waals surface area contributed by atoms with Gasteiger partial charge in [-0.1, -0.05) is 19.3 Å². The first-order valence-electron chi connectivity index (χ1n) is 6.87. The third-order valence-corrected chi connectivity index (χ3v) is 6.17. The van der Waals surface area contributed by atoms with E-state index in [1.54, 1.807) is 18.5 Å². The van der Waals surface area contributed by atoms with Gasteiger partial charge in [0.25, 0.3) is 0 Å². The first-order chi connectivity index (χ1) is 9.95. The molecule has 1 aromatic rings. The lowest BCUT2D eigenvalue weighted by Crippen LogP contribution is -2.41. The van der Waals surface area contributed by atoms with Crippen LogP contribution in [0.3, 0.4) is 0 Å². The Hall–Kier alpha value is -1.12. The van der Waals surface area contributed by atoms with Crippen molar-refractivity contribution in [2.45, 2.75) is 38.1 Å². The Bertz CT molecular complexity index is 591. The standard InChI is InChI=1S/C13H20N2O4S2/c1-15(10-6-4-3-5-7-10)21(17,18)14-11-8-9-20-12(11)13(16)19-2/h8-10,14H,3-7H2,1-2H3. The summed E-state index contributed by atoms with van der Waals surface area (Å²) in [6.45, 7) is 0. The molecule has 0 saturated heterocycles. The van der Waals surface area contributed by atoms with Crippen LogP contribution in [0.2, 0.25) is 0 Å². The van der Waals surface area contributed by atoms with E-state index in [9.17, 15) is 13.2 Å². The summed E-state index contributed by atoms with van der Waals surface area (Å²) in [6, 6.07) is 1.60. The smallest absolute Gasteiger partial charge is 0.350 e. The summed E-state index contributed by atoms with van der Waals surface area (Å²) in [4.78, 5) is 11.9. The normalized spacial score (nSPS) is 16.9. The van der Waals surface area contributed by atoms with Crippen LogP contribution in [-0.2, 0) is 14.9 Å². The SMILES string of the molecule is COC(=O)c1sccc1NS(=O)(=O)N(C)C1CCCCC1. The van der Waals surface area contributed by atoms with Crippen molar-refractivity contribution in [2.75, 3.05) is 18.9 Å². The van der Waals surface area contributed by atoms with E-state index in [2.05, 4.69) is 9.46 Å². The minimum Gasteiger partial charge on any atom is -0.465 e. The molecule has 21 heavy (non-hydrogen) atoms. The zero-order valence-electron chi connectivity index (χ0n) is 12.2. The van der Waals surface area contributed by atoms with Crippen LogP contribution in [0, 0.1) is 0 Å². The van der Waals surface area contributed by atoms with Gasteiger partial charge in [0.2, 0.25) is 0 Å². The van der Waals surface area contributed by atoms with E-state index in [4.69, 9.17) is 0 Å². The second kappa shape index (κ2) is 6.76. The maximum atomic E-state index is 12.4. The molecule has 1 N–H and O–H groups in total. The highest BCUT2D eigenvalue weighted by molar-refractivity contribution is 7.90. The Morgan fingerprint density at radius 2 is 2.05 bits per heavy atom. The molecule has 0 unspecified atom stereocenters. The number of hydrogen-bond donors (Lipinski definition) is 1.